The fourth-order valence-corrected chi connectivity index (χ4v) is 6.73. The lowest BCUT2D eigenvalue weighted by Crippen LogP contribution is -2.49. The van der Waals surface area contributed by atoms with Crippen LogP contribution in [0.2, 0.25) is 0 Å². The Morgan fingerprint density at radius 3 is 2.44 bits per heavy atom. The molecule has 2 saturated carbocycles. The molecule has 2 saturated heterocycles. The van der Waals surface area contributed by atoms with Crippen LogP contribution in [0.4, 0.5) is 4.39 Å². The van der Waals surface area contributed by atoms with Gasteiger partial charge in [-0.15, -0.1) is 0 Å². The van der Waals surface area contributed by atoms with E-state index in [-0.39, 0.29) is 17.6 Å². The highest BCUT2D eigenvalue weighted by atomic mass is 32.2. The highest BCUT2D eigenvalue weighted by molar-refractivity contribution is 7.87. The largest absolute Gasteiger partial charge is 0.489 e. The number of ether oxygens (including phenoxy) is 1. The first-order valence-corrected chi connectivity index (χ1v) is 14.4. The van der Waals surface area contributed by atoms with Crippen molar-refractivity contribution < 1.29 is 22.3 Å². The monoisotopic (exact) mass is 493 g/mol. The topological polar surface area (TPSA) is 79.0 Å². The minimum absolute atomic E-state index is 0.000659. The predicted octanol–water partition coefficient (Wildman–Crippen LogP) is 3.81. The Morgan fingerprint density at radius 2 is 1.76 bits per heavy atom. The van der Waals surface area contributed by atoms with Crippen LogP contribution in [0.15, 0.2) is 12.1 Å². The molecule has 2 heterocycles. The molecular weight excluding hydrogens is 457 g/mol. The first-order valence-electron chi connectivity index (χ1n) is 12.9. The van der Waals surface area contributed by atoms with Crippen molar-refractivity contribution in [3.05, 3.63) is 29.1 Å². The van der Waals surface area contributed by atoms with Gasteiger partial charge in [-0.2, -0.15) is 12.7 Å². The highest BCUT2D eigenvalue weighted by Crippen LogP contribution is 2.45. The van der Waals surface area contributed by atoms with Crippen LogP contribution in [-0.2, 0) is 10.2 Å². The van der Waals surface area contributed by atoms with E-state index in [1.807, 2.05) is 4.72 Å². The molecule has 9 heteroatoms. The summed E-state index contributed by atoms with van der Waals surface area (Å²) >= 11 is 0. The van der Waals surface area contributed by atoms with Crippen LogP contribution in [0.25, 0.3) is 0 Å². The molecule has 1 aromatic carbocycles. The van der Waals surface area contributed by atoms with Crippen molar-refractivity contribution >= 4 is 16.1 Å². The lowest BCUT2D eigenvalue weighted by Gasteiger charge is -2.36. The van der Waals surface area contributed by atoms with Gasteiger partial charge in [0.25, 0.3) is 5.91 Å². The van der Waals surface area contributed by atoms with E-state index in [1.54, 1.807) is 0 Å². The number of hydrogen-bond donors (Lipinski definition) is 1. The van der Waals surface area contributed by atoms with E-state index in [9.17, 15) is 13.2 Å². The van der Waals surface area contributed by atoms with Crippen molar-refractivity contribution in [1.29, 1.82) is 0 Å². The lowest BCUT2D eigenvalue weighted by molar-refractivity contribution is 0.0729. The molecule has 4 fully saturated rings. The molecule has 0 unspecified atom stereocenters. The molecule has 4 aliphatic rings. The Labute approximate surface area is 202 Å². The average Bonchev–Trinajstić information content (AvgIpc) is 3.58. The molecule has 34 heavy (non-hydrogen) atoms. The molecule has 2 aliphatic heterocycles. The number of benzene rings is 1. The average molecular weight is 494 g/mol. The van der Waals surface area contributed by atoms with Crippen molar-refractivity contribution in [2.24, 2.45) is 5.92 Å². The maximum absolute atomic E-state index is 15.0. The number of hydrogen-bond acceptors (Lipinski definition) is 5. The van der Waals surface area contributed by atoms with Gasteiger partial charge in [-0.25, -0.2) is 9.11 Å². The Morgan fingerprint density at radius 1 is 1.00 bits per heavy atom. The van der Waals surface area contributed by atoms with Crippen molar-refractivity contribution in [2.45, 2.75) is 76.2 Å². The van der Waals surface area contributed by atoms with Crippen LogP contribution in [0.3, 0.4) is 0 Å². The number of carbonyl (C=O) groups is 1. The van der Waals surface area contributed by atoms with Gasteiger partial charge in [-0.3, -0.25) is 9.69 Å². The first kappa shape index (κ1) is 24.0. The van der Waals surface area contributed by atoms with Gasteiger partial charge in [0.15, 0.2) is 0 Å². The SMILES string of the molecule is O=C(NS(=O)(=O)N1CCC1)c1cc(C2CC2)c(O[C@@H]2CCCN(CC3CCCCC3)C2)cc1F. The molecule has 0 bridgehead atoms. The quantitative estimate of drug-likeness (QED) is 0.596. The number of carbonyl (C=O) groups excluding carboxylic acids is 1. The van der Waals surface area contributed by atoms with Crippen LogP contribution in [0, 0.1) is 11.7 Å². The summed E-state index contributed by atoms with van der Waals surface area (Å²) in [5.74, 6) is -0.153. The molecule has 188 valence electrons. The summed E-state index contributed by atoms with van der Waals surface area (Å²) in [7, 11) is -3.93. The van der Waals surface area contributed by atoms with E-state index in [2.05, 4.69) is 4.90 Å². The third-order valence-electron chi connectivity index (χ3n) is 7.73. The smallest absolute Gasteiger partial charge is 0.304 e. The molecule has 7 nitrogen and oxygen atoms in total. The molecule has 5 rings (SSSR count). The van der Waals surface area contributed by atoms with Crippen LogP contribution < -0.4 is 9.46 Å². The van der Waals surface area contributed by atoms with Crippen LogP contribution in [0.5, 0.6) is 5.75 Å². The standard InChI is InChI=1S/C25H36FN3O4S/c26-23-15-24(33-20-8-4-11-28(17-20)16-18-6-2-1-3-7-18)21(19-9-10-19)14-22(23)25(30)27-34(31,32)29-12-5-13-29/h14-15,18-20H,1-13,16-17H2,(H,27,30)/t20-/m1/s1. The van der Waals surface area contributed by atoms with Gasteiger partial charge in [0.05, 0.1) is 5.56 Å². The Balaban J connectivity index is 1.27. The first-order chi connectivity index (χ1) is 16.4. The van der Waals surface area contributed by atoms with E-state index >= 15 is 4.39 Å². The van der Waals surface area contributed by atoms with Crippen LogP contribution in [-0.4, -0.2) is 62.4 Å². The second kappa shape index (κ2) is 10.1. The minimum Gasteiger partial charge on any atom is -0.489 e. The van der Waals surface area contributed by atoms with Gasteiger partial charge in [0.2, 0.25) is 0 Å². The number of rotatable bonds is 8. The zero-order chi connectivity index (χ0) is 23.7. The van der Waals surface area contributed by atoms with Crippen molar-refractivity contribution in [3.63, 3.8) is 0 Å². The van der Waals surface area contributed by atoms with Crippen LogP contribution in [0.1, 0.15) is 86.0 Å². The third kappa shape index (κ3) is 5.57. The number of likely N-dealkylation sites (tertiary alicyclic amines) is 1. The molecule has 1 atom stereocenters. The molecule has 1 N–H and O–H groups in total. The molecule has 2 aliphatic carbocycles. The zero-order valence-electron chi connectivity index (χ0n) is 19.8. The van der Waals surface area contributed by atoms with Crippen LogP contribution >= 0.6 is 0 Å². The van der Waals surface area contributed by atoms with Gasteiger partial charge in [-0.05, 0) is 75.0 Å². The normalized spacial score (nSPS) is 25.0. The molecule has 0 aromatic heterocycles. The molecule has 0 radical (unpaired) electrons. The molecule has 1 aromatic rings. The Bertz CT molecular complexity index is 1000. The molecule has 0 spiro atoms. The van der Waals surface area contributed by atoms with E-state index in [4.69, 9.17) is 4.74 Å². The van der Waals surface area contributed by atoms with E-state index in [0.717, 1.165) is 63.2 Å². The fraction of sp³-hybridized carbons (Fsp3) is 0.720. The number of amides is 1. The maximum atomic E-state index is 15.0. The van der Waals surface area contributed by atoms with Crippen molar-refractivity contribution in [3.8, 4) is 5.75 Å². The Hall–Kier alpha value is -1.71. The van der Waals surface area contributed by atoms with Crippen molar-refractivity contribution in [2.75, 3.05) is 32.7 Å². The number of nitrogens with one attached hydrogen (secondary N) is 1. The zero-order valence-corrected chi connectivity index (χ0v) is 20.6. The minimum atomic E-state index is -3.93. The Kier molecular flexibility index (Phi) is 7.14. The van der Waals surface area contributed by atoms with Gasteiger partial charge >= 0.3 is 10.2 Å². The number of piperidine rings is 1. The maximum Gasteiger partial charge on any atom is 0.304 e. The van der Waals surface area contributed by atoms with E-state index in [1.165, 1.54) is 48.5 Å². The van der Waals surface area contributed by atoms with Gasteiger partial charge < -0.3 is 4.74 Å². The van der Waals surface area contributed by atoms with E-state index < -0.39 is 21.9 Å². The number of nitrogens with zero attached hydrogens (tertiary/aromatic N) is 2. The summed E-state index contributed by atoms with van der Waals surface area (Å²) in [6.07, 6.45) is 11.4. The number of halogens is 1. The summed E-state index contributed by atoms with van der Waals surface area (Å²) < 4.78 is 49.1. The van der Waals surface area contributed by atoms with Gasteiger partial charge in [0.1, 0.15) is 17.7 Å². The van der Waals surface area contributed by atoms with E-state index in [0.29, 0.717) is 18.8 Å². The van der Waals surface area contributed by atoms with Gasteiger partial charge in [0, 0.05) is 32.2 Å². The summed E-state index contributed by atoms with van der Waals surface area (Å²) in [6.45, 7) is 3.81. The van der Waals surface area contributed by atoms with Crippen molar-refractivity contribution in [1.82, 2.24) is 13.9 Å². The third-order valence-corrected chi connectivity index (χ3v) is 9.22. The second-order valence-corrected chi connectivity index (χ2v) is 12.1. The fourth-order valence-electron chi connectivity index (χ4n) is 5.51. The summed E-state index contributed by atoms with van der Waals surface area (Å²) in [5.41, 5.74) is 0.582. The summed E-state index contributed by atoms with van der Waals surface area (Å²) in [6, 6.07) is 2.80. The molecular formula is C25H36FN3O4S. The summed E-state index contributed by atoms with van der Waals surface area (Å²) in [5, 5.41) is 0. The lowest BCUT2D eigenvalue weighted by atomic mass is 9.88. The summed E-state index contributed by atoms with van der Waals surface area (Å²) in [4.78, 5) is 15.1. The highest BCUT2D eigenvalue weighted by Gasteiger charge is 2.34. The van der Waals surface area contributed by atoms with Gasteiger partial charge in [-0.1, -0.05) is 19.3 Å². The predicted molar refractivity (Wildman–Crippen MR) is 128 cm³/mol. The molecule has 1 amide bonds. The second-order valence-electron chi connectivity index (χ2n) is 10.5.